The summed E-state index contributed by atoms with van der Waals surface area (Å²) >= 11 is 0. The first-order valence-electron chi connectivity index (χ1n) is 8.30. The van der Waals surface area contributed by atoms with Crippen LogP contribution in [0, 0.1) is 0 Å². The van der Waals surface area contributed by atoms with Crippen molar-refractivity contribution in [3.05, 3.63) is 78.9 Å². The van der Waals surface area contributed by atoms with Crippen LogP contribution < -0.4 is 10.1 Å². The number of rotatable bonds is 6. The molecule has 0 radical (unpaired) electrons. The van der Waals surface area contributed by atoms with Crippen LogP contribution in [-0.2, 0) is 14.6 Å². The van der Waals surface area contributed by atoms with E-state index >= 15 is 0 Å². The zero-order valence-electron chi connectivity index (χ0n) is 14.8. The van der Waals surface area contributed by atoms with E-state index in [1.54, 1.807) is 12.1 Å². The monoisotopic (exact) mass is 381 g/mol. The van der Waals surface area contributed by atoms with Gasteiger partial charge in [0.2, 0.25) is 0 Å². The Hall–Kier alpha value is -3.12. The highest BCUT2D eigenvalue weighted by Crippen LogP contribution is 2.22. The zero-order chi connectivity index (χ0) is 19.3. The summed E-state index contributed by atoms with van der Waals surface area (Å²) < 4.78 is 28.4. The van der Waals surface area contributed by atoms with Crippen LogP contribution in [0.2, 0.25) is 0 Å². The number of nitrogens with one attached hydrogen (secondary N) is 1. The summed E-state index contributed by atoms with van der Waals surface area (Å²) in [4.78, 5) is 12.2. The van der Waals surface area contributed by atoms with E-state index in [1.807, 2.05) is 54.6 Å². The Morgan fingerprint density at radius 3 is 2.04 bits per heavy atom. The topological polar surface area (TPSA) is 72.5 Å². The van der Waals surface area contributed by atoms with E-state index in [9.17, 15) is 13.2 Å². The van der Waals surface area contributed by atoms with Crippen molar-refractivity contribution in [1.82, 2.24) is 0 Å². The minimum absolute atomic E-state index is 0.140. The fourth-order valence-electron chi connectivity index (χ4n) is 2.51. The van der Waals surface area contributed by atoms with Gasteiger partial charge in [-0.2, -0.15) is 0 Å². The number of hydrogen-bond acceptors (Lipinski definition) is 4. The molecule has 5 nitrogen and oxygen atoms in total. The number of anilines is 1. The van der Waals surface area contributed by atoms with Gasteiger partial charge in [0.1, 0.15) is 5.75 Å². The summed E-state index contributed by atoms with van der Waals surface area (Å²) in [5.41, 5.74) is 2.69. The molecule has 0 fully saturated rings. The Labute approximate surface area is 158 Å². The molecule has 0 saturated carbocycles. The molecule has 1 amide bonds. The van der Waals surface area contributed by atoms with Crippen molar-refractivity contribution in [3.8, 4) is 16.9 Å². The standard InChI is InChI=1S/C21H19NO4S/c1-27(24,25)20-13-9-18(10-14-20)22-21(23)15-26-19-11-7-17(8-12-19)16-5-3-2-4-6-16/h2-14H,15H2,1H3,(H,22,23). The van der Waals surface area contributed by atoms with Crippen molar-refractivity contribution >= 4 is 21.4 Å². The summed E-state index contributed by atoms with van der Waals surface area (Å²) in [7, 11) is -3.26. The second-order valence-corrected chi connectivity index (χ2v) is 8.04. The Bertz CT molecular complexity index is 1010. The van der Waals surface area contributed by atoms with Gasteiger partial charge in [0.25, 0.3) is 5.91 Å². The highest BCUT2D eigenvalue weighted by Gasteiger charge is 2.08. The van der Waals surface area contributed by atoms with Gasteiger partial charge in [-0.05, 0) is 47.5 Å². The second-order valence-electron chi connectivity index (χ2n) is 6.02. The van der Waals surface area contributed by atoms with Crippen LogP contribution in [0.25, 0.3) is 11.1 Å². The average Bonchev–Trinajstić information content (AvgIpc) is 2.67. The first-order valence-corrected chi connectivity index (χ1v) is 10.2. The fraction of sp³-hybridized carbons (Fsp3) is 0.0952. The number of carbonyl (C=O) groups is 1. The molecule has 0 spiro atoms. The van der Waals surface area contributed by atoms with Crippen LogP contribution in [-0.4, -0.2) is 27.2 Å². The summed E-state index contributed by atoms with van der Waals surface area (Å²) in [5, 5.41) is 2.67. The van der Waals surface area contributed by atoms with Crippen molar-refractivity contribution in [2.45, 2.75) is 4.90 Å². The zero-order valence-corrected chi connectivity index (χ0v) is 15.6. The molecule has 3 rings (SSSR count). The maximum atomic E-state index is 12.0. The van der Waals surface area contributed by atoms with E-state index < -0.39 is 9.84 Å². The van der Waals surface area contributed by atoms with Gasteiger partial charge in [-0.3, -0.25) is 4.79 Å². The smallest absolute Gasteiger partial charge is 0.262 e. The van der Waals surface area contributed by atoms with Crippen LogP contribution in [0.4, 0.5) is 5.69 Å². The van der Waals surface area contributed by atoms with Crippen molar-refractivity contribution in [2.24, 2.45) is 0 Å². The number of benzene rings is 3. The van der Waals surface area contributed by atoms with Crippen LogP contribution in [0.3, 0.4) is 0 Å². The van der Waals surface area contributed by atoms with Crippen LogP contribution in [0.1, 0.15) is 0 Å². The molecule has 0 atom stereocenters. The normalized spacial score (nSPS) is 11.0. The van der Waals surface area contributed by atoms with E-state index in [-0.39, 0.29) is 17.4 Å². The molecule has 138 valence electrons. The molecule has 0 aliphatic heterocycles. The molecule has 0 aromatic heterocycles. The molecule has 0 aliphatic carbocycles. The number of carbonyl (C=O) groups excluding carboxylic acids is 1. The van der Waals surface area contributed by atoms with E-state index in [2.05, 4.69) is 5.32 Å². The number of sulfone groups is 1. The summed E-state index contributed by atoms with van der Waals surface area (Å²) in [5.74, 6) is 0.270. The molecule has 3 aromatic rings. The predicted octanol–water partition coefficient (Wildman–Crippen LogP) is 3.77. The van der Waals surface area contributed by atoms with Gasteiger partial charge in [-0.25, -0.2) is 8.42 Å². The quantitative estimate of drug-likeness (QED) is 0.705. The molecule has 0 aliphatic rings. The Morgan fingerprint density at radius 1 is 0.852 bits per heavy atom. The molecule has 0 heterocycles. The molecule has 6 heteroatoms. The van der Waals surface area contributed by atoms with E-state index in [0.717, 1.165) is 17.4 Å². The minimum Gasteiger partial charge on any atom is -0.484 e. The molecule has 0 bridgehead atoms. The first kappa shape index (κ1) is 18.7. The van der Waals surface area contributed by atoms with Crippen molar-refractivity contribution in [1.29, 1.82) is 0 Å². The Kier molecular flexibility index (Phi) is 5.57. The summed E-state index contributed by atoms with van der Waals surface area (Å²) in [6.45, 7) is -0.140. The summed E-state index contributed by atoms with van der Waals surface area (Å²) in [6.07, 6.45) is 1.14. The third-order valence-electron chi connectivity index (χ3n) is 3.90. The lowest BCUT2D eigenvalue weighted by Crippen LogP contribution is -2.20. The van der Waals surface area contributed by atoms with Crippen LogP contribution in [0.15, 0.2) is 83.8 Å². The van der Waals surface area contributed by atoms with Gasteiger partial charge in [-0.1, -0.05) is 42.5 Å². The van der Waals surface area contributed by atoms with Crippen molar-refractivity contribution in [3.63, 3.8) is 0 Å². The average molecular weight is 381 g/mol. The predicted molar refractivity (Wildman–Crippen MR) is 106 cm³/mol. The first-order chi connectivity index (χ1) is 12.9. The van der Waals surface area contributed by atoms with Gasteiger partial charge in [-0.15, -0.1) is 0 Å². The SMILES string of the molecule is CS(=O)(=O)c1ccc(NC(=O)COc2ccc(-c3ccccc3)cc2)cc1. The largest absolute Gasteiger partial charge is 0.484 e. The Balaban J connectivity index is 1.54. The molecule has 0 saturated heterocycles. The lowest BCUT2D eigenvalue weighted by Gasteiger charge is -2.09. The Morgan fingerprint density at radius 2 is 1.44 bits per heavy atom. The number of amides is 1. The maximum Gasteiger partial charge on any atom is 0.262 e. The van der Waals surface area contributed by atoms with Crippen molar-refractivity contribution < 1.29 is 17.9 Å². The second kappa shape index (κ2) is 8.05. The minimum atomic E-state index is -3.26. The van der Waals surface area contributed by atoms with Crippen molar-refractivity contribution in [2.75, 3.05) is 18.2 Å². The number of ether oxygens (including phenoxy) is 1. The lowest BCUT2D eigenvalue weighted by atomic mass is 10.1. The van der Waals surface area contributed by atoms with Gasteiger partial charge >= 0.3 is 0 Å². The van der Waals surface area contributed by atoms with Gasteiger partial charge in [0.15, 0.2) is 16.4 Å². The third kappa shape index (κ3) is 5.18. The van der Waals surface area contributed by atoms with E-state index in [1.165, 1.54) is 12.1 Å². The maximum absolute atomic E-state index is 12.0. The summed E-state index contributed by atoms with van der Waals surface area (Å²) in [6, 6.07) is 23.5. The highest BCUT2D eigenvalue weighted by atomic mass is 32.2. The molecule has 27 heavy (non-hydrogen) atoms. The van der Waals surface area contributed by atoms with Gasteiger partial charge in [0.05, 0.1) is 4.90 Å². The van der Waals surface area contributed by atoms with Crippen LogP contribution >= 0.6 is 0 Å². The van der Waals surface area contributed by atoms with E-state index in [4.69, 9.17) is 4.74 Å². The lowest BCUT2D eigenvalue weighted by molar-refractivity contribution is -0.118. The molecular weight excluding hydrogens is 362 g/mol. The molecule has 0 unspecified atom stereocenters. The van der Waals surface area contributed by atoms with Gasteiger partial charge in [0, 0.05) is 11.9 Å². The van der Waals surface area contributed by atoms with Crippen LogP contribution in [0.5, 0.6) is 5.75 Å². The fourth-order valence-corrected chi connectivity index (χ4v) is 3.14. The molecular formula is C21H19NO4S. The van der Waals surface area contributed by atoms with E-state index in [0.29, 0.717) is 11.4 Å². The molecule has 3 aromatic carbocycles. The highest BCUT2D eigenvalue weighted by molar-refractivity contribution is 7.90. The number of hydrogen-bond donors (Lipinski definition) is 1. The van der Waals surface area contributed by atoms with Gasteiger partial charge < -0.3 is 10.1 Å². The third-order valence-corrected chi connectivity index (χ3v) is 5.03. The molecule has 1 N–H and O–H groups in total.